The van der Waals surface area contributed by atoms with E-state index in [0.29, 0.717) is 24.0 Å². The monoisotopic (exact) mass is 415 g/mol. The molecular formula is C20H32F3N5O. The van der Waals surface area contributed by atoms with Crippen LogP contribution in [0.4, 0.5) is 13.2 Å². The van der Waals surface area contributed by atoms with E-state index in [-0.39, 0.29) is 12.3 Å². The fourth-order valence-electron chi connectivity index (χ4n) is 3.17. The number of para-hydroxylation sites is 1. The van der Waals surface area contributed by atoms with Crippen LogP contribution in [0.25, 0.3) is 0 Å². The maximum atomic E-state index is 12.6. The fourth-order valence-corrected chi connectivity index (χ4v) is 3.17. The Hall–Kier alpha value is -2.00. The highest BCUT2D eigenvalue weighted by molar-refractivity contribution is 5.79. The molecule has 1 heterocycles. The first kappa shape index (κ1) is 23.3. The van der Waals surface area contributed by atoms with E-state index in [4.69, 9.17) is 0 Å². The number of benzene rings is 1. The summed E-state index contributed by atoms with van der Waals surface area (Å²) in [5.41, 5.74) is 0.382. The molecule has 1 aliphatic rings. The van der Waals surface area contributed by atoms with E-state index < -0.39 is 6.36 Å². The zero-order valence-electron chi connectivity index (χ0n) is 17.4. The van der Waals surface area contributed by atoms with Gasteiger partial charge in [0.2, 0.25) is 0 Å². The summed E-state index contributed by atoms with van der Waals surface area (Å²) < 4.78 is 41.8. The molecular weight excluding hydrogens is 383 g/mol. The van der Waals surface area contributed by atoms with Gasteiger partial charge in [0.1, 0.15) is 5.75 Å². The van der Waals surface area contributed by atoms with Crippen molar-refractivity contribution in [3.8, 4) is 5.75 Å². The molecule has 0 amide bonds. The highest BCUT2D eigenvalue weighted by Gasteiger charge is 2.31. The molecule has 0 bridgehead atoms. The molecule has 0 aromatic heterocycles. The van der Waals surface area contributed by atoms with E-state index in [1.165, 1.54) is 12.1 Å². The Morgan fingerprint density at radius 1 is 1.17 bits per heavy atom. The predicted octanol–water partition coefficient (Wildman–Crippen LogP) is 2.52. The third-order valence-corrected chi connectivity index (χ3v) is 4.73. The average Bonchev–Trinajstić information content (AvgIpc) is 2.66. The summed E-state index contributed by atoms with van der Waals surface area (Å²) in [5, 5.41) is 6.44. The van der Waals surface area contributed by atoms with Crippen molar-refractivity contribution in [1.82, 2.24) is 20.4 Å². The molecule has 1 aromatic rings. The zero-order valence-corrected chi connectivity index (χ0v) is 17.4. The molecule has 1 fully saturated rings. The summed E-state index contributed by atoms with van der Waals surface area (Å²) in [6.07, 6.45) is -4.72. The van der Waals surface area contributed by atoms with Crippen LogP contribution in [-0.4, -0.2) is 75.0 Å². The van der Waals surface area contributed by atoms with Gasteiger partial charge >= 0.3 is 6.36 Å². The van der Waals surface area contributed by atoms with E-state index in [1.54, 1.807) is 12.1 Å². The lowest BCUT2D eigenvalue weighted by molar-refractivity contribution is -0.274. The van der Waals surface area contributed by atoms with Crippen molar-refractivity contribution in [1.29, 1.82) is 0 Å². The zero-order chi connectivity index (χ0) is 21.3. The minimum atomic E-state index is -4.72. The van der Waals surface area contributed by atoms with E-state index in [2.05, 4.69) is 44.1 Å². The molecule has 0 saturated carbocycles. The average molecular weight is 416 g/mol. The number of guanidine groups is 1. The van der Waals surface area contributed by atoms with Crippen LogP contribution in [-0.2, 0) is 6.54 Å². The maximum absolute atomic E-state index is 12.6. The number of alkyl halides is 3. The van der Waals surface area contributed by atoms with Crippen LogP contribution >= 0.6 is 0 Å². The molecule has 6 nitrogen and oxygen atoms in total. The molecule has 2 rings (SSSR count). The highest BCUT2D eigenvalue weighted by atomic mass is 19.4. The van der Waals surface area contributed by atoms with E-state index in [1.807, 2.05) is 6.92 Å². The van der Waals surface area contributed by atoms with E-state index >= 15 is 0 Å². The number of hydrogen-bond acceptors (Lipinski definition) is 4. The lowest BCUT2D eigenvalue weighted by Gasteiger charge is -2.34. The standard InChI is InChI=1S/C20H32F3N5O/c1-4-24-19(25-13-16(2)15-28-11-9-27(3)10-12-28)26-14-17-7-5-6-8-18(17)29-20(21,22)23/h5-8,16H,4,9-15H2,1-3H3,(H2,24,25,26). The Kier molecular flexibility index (Phi) is 9.03. The van der Waals surface area contributed by atoms with Crippen LogP contribution in [0.5, 0.6) is 5.75 Å². The van der Waals surface area contributed by atoms with Crippen LogP contribution in [0.3, 0.4) is 0 Å². The van der Waals surface area contributed by atoms with Gasteiger partial charge in [0, 0.05) is 51.4 Å². The van der Waals surface area contributed by atoms with Crippen LogP contribution in [0.2, 0.25) is 0 Å². The quantitative estimate of drug-likeness (QED) is 0.505. The number of nitrogens with one attached hydrogen (secondary N) is 2. The number of likely N-dealkylation sites (N-methyl/N-ethyl adjacent to an activating group) is 1. The maximum Gasteiger partial charge on any atom is 0.573 e. The van der Waals surface area contributed by atoms with Crippen LogP contribution < -0.4 is 15.4 Å². The van der Waals surface area contributed by atoms with Crippen molar-refractivity contribution in [3.05, 3.63) is 29.8 Å². The van der Waals surface area contributed by atoms with Crippen molar-refractivity contribution in [3.63, 3.8) is 0 Å². The van der Waals surface area contributed by atoms with Gasteiger partial charge in [-0.1, -0.05) is 25.1 Å². The molecule has 1 saturated heterocycles. The second kappa shape index (κ2) is 11.3. The number of nitrogens with zero attached hydrogens (tertiary/aromatic N) is 3. The van der Waals surface area contributed by atoms with Crippen LogP contribution in [0, 0.1) is 5.92 Å². The Bertz CT molecular complexity index is 645. The van der Waals surface area contributed by atoms with Gasteiger partial charge in [-0.3, -0.25) is 0 Å². The van der Waals surface area contributed by atoms with E-state index in [9.17, 15) is 13.2 Å². The SMILES string of the molecule is CCNC(=NCc1ccccc1OC(F)(F)F)NCC(C)CN1CCN(C)CC1. The summed E-state index contributed by atoms with van der Waals surface area (Å²) >= 11 is 0. The lowest BCUT2D eigenvalue weighted by atomic mass is 10.1. The normalized spacial score (nSPS) is 17.8. The van der Waals surface area contributed by atoms with Gasteiger partial charge in [-0.25, -0.2) is 4.99 Å². The molecule has 1 aliphatic heterocycles. The molecule has 0 aliphatic carbocycles. The molecule has 1 unspecified atom stereocenters. The second-order valence-corrected chi connectivity index (χ2v) is 7.44. The van der Waals surface area contributed by atoms with Crippen molar-refractivity contribution >= 4 is 5.96 Å². The minimum Gasteiger partial charge on any atom is -0.405 e. The number of aliphatic imine (C=N–C) groups is 1. The second-order valence-electron chi connectivity index (χ2n) is 7.44. The molecule has 9 heteroatoms. The molecule has 2 N–H and O–H groups in total. The summed E-state index contributed by atoms with van der Waals surface area (Å²) in [7, 11) is 2.14. The summed E-state index contributed by atoms with van der Waals surface area (Å²) in [6.45, 7) is 10.9. The topological polar surface area (TPSA) is 52.1 Å². The van der Waals surface area contributed by atoms with E-state index in [0.717, 1.165) is 39.3 Å². The first-order chi connectivity index (χ1) is 13.8. The Labute approximate surface area is 171 Å². The van der Waals surface area contributed by atoms with Crippen molar-refractivity contribution in [2.45, 2.75) is 26.8 Å². The van der Waals surface area contributed by atoms with Gasteiger partial charge in [0.05, 0.1) is 6.54 Å². The Balaban J connectivity index is 1.89. The third-order valence-electron chi connectivity index (χ3n) is 4.73. The molecule has 29 heavy (non-hydrogen) atoms. The summed E-state index contributed by atoms with van der Waals surface area (Å²) in [4.78, 5) is 9.22. The first-order valence-electron chi connectivity index (χ1n) is 10.0. The predicted molar refractivity (Wildman–Crippen MR) is 109 cm³/mol. The molecule has 1 atom stereocenters. The molecule has 1 aromatic carbocycles. The highest BCUT2D eigenvalue weighted by Crippen LogP contribution is 2.26. The molecule has 0 spiro atoms. The summed E-state index contributed by atoms with van der Waals surface area (Å²) in [5.74, 6) is 0.783. The summed E-state index contributed by atoms with van der Waals surface area (Å²) in [6, 6.07) is 6.07. The number of halogens is 3. The Morgan fingerprint density at radius 3 is 2.52 bits per heavy atom. The van der Waals surface area contributed by atoms with Gasteiger partial charge in [-0.2, -0.15) is 0 Å². The van der Waals surface area contributed by atoms with Gasteiger partial charge in [0.15, 0.2) is 5.96 Å². The number of piperazine rings is 1. The lowest BCUT2D eigenvalue weighted by Crippen LogP contribution is -2.47. The van der Waals surface area contributed by atoms with Gasteiger partial charge in [-0.15, -0.1) is 13.2 Å². The smallest absolute Gasteiger partial charge is 0.405 e. The molecule has 0 radical (unpaired) electrons. The van der Waals surface area contributed by atoms with Crippen molar-refractivity contribution in [2.75, 3.05) is 52.9 Å². The van der Waals surface area contributed by atoms with Gasteiger partial charge < -0.3 is 25.2 Å². The molecule has 164 valence electrons. The largest absolute Gasteiger partial charge is 0.573 e. The van der Waals surface area contributed by atoms with Crippen LogP contribution in [0.1, 0.15) is 19.4 Å². The van der Waals surface area contributed by atoms with Crippen LogP contribution in [0.15, 0.2) is 29.3 Å². The van der Waals surface area contributed by atoms with Crippen molar-refractivity contribution < 1.29 is 17.9 Å². The minimum absolute atomic E-state index is 0.0917. The number of hydrogen-bond donors (Lipinski definition) is 2. The number of rotatable bonds is 8. The van der Waals surface area contributed by atoms with Gasteiger partial charge in [-0.05, 0) is 26.0 Å². The van der Waals surface area contributed by atoms with Gasteiger partial charge in [0.25, 0.3) is 0 Å². The third kappa shape index (κ3) is 8.91. The van der Waals surface area contributed by atoms with Crippen molar-refractivity contribution in [2.24, 2.45) is 10.9 Å². The first-order valence-corrected chi connectivity index (χ1v) is 10.0. The number of ether oxygens (including phenoxy) is 1. The fraction of sp³-hybridized carbons (Fsp3) is 0.650. The Morgan fingerprint density at radius 2 is 1.86 bits per heavy atom.